The Morgan fingerprint density at radius 2 is 2.10 bits per heavy atom. The minimum absolute atomic E-state index is 0.242. The number of nitrogens with two attached hydrogens (primary N) is 1. The summed E-state index contributed by atoms with van der Waals surface area (Å²) in [7, 11) is 1.58. The minimum atomic E-state index is -0.242. The van der Waals surface area contributed by atoms with E-state index in [1.807, 2.05) is 35.9 Å². The van der Waals surface area contributed by atoms with Crippen LogP contribution in [0.3, 0.4) is 0 Å². The number of nitrogens with one attached hydrogen (secondary N) is 3. The fourth-order valence-corrected chi connectivity index (χ4v) is 3.02. The monoisotopic (exact) mass is 406 g/mol. The van der Waals surface area contributed by atoms with Crippen LogP contribution in [0, 0.1) is 6.92 Å². The maximum atomic E-state index is 12.1. The van der Waals surface area contributed by atoms with Gasteiger partial charge in [0.25, 0.3) is 5.91 Å². The lowest BCUT2D eigenvalue weighted by Gasteiger charge is -2.08. The highest BCUT2D eigenvalue weighted by Crippen LogP contribution is 2.20. The average Bonchev–Trinajstić information content (AvgIpc) is 3.36. The Morgan fingerprint density at radius 1 is 1.23 bits per heavy atom. The topological polar surface area (TPSA) is 140 Å². The van der Waals surface area contributed by atoms with Crippen LogP contribution in [0.5, 0.6) is 0 Å². The number of pyridine rings is 1. The van der Waals surface area contributed by atoms with E-state index < -0.39 is 0 Å². The molecule has 4 aromatic heterocycles. The molecular weight excluding hydrogens is 384 g/mol. The van der Waals surface area contributed by atoms with Crippen molar-refractivity contribution in [2.45, 2.75) is 6.92 Å². The zero-order valence-electron chi connectivity index (χ0n) is 16.6. The zero-order chi connectivity index (χ0) is 21.1. The summed E-state index contributed by atoms with van der Waals surface area (Å²) in [5.74, 6) is 1.50. The van der Waals surface area contributed by atoms with Gasteiger partial charge in [-0.25, -0.2) is 14.6 Å². The molecule has 11 heteroatoms. The first-order chi connectivity index (χ1) is 14.6. The number of hydrogen-bond acceptors (Lipinski definition) is 8. The van der Waals surface area contributed by atoms with Crippen molar-refractivity contribution in [2.24, 2.45) is 5.73 Å². The standard InChI is InChI=1S/C19H22N10O/c1-12-25-17(18(30)21-2)15-9-13(4-8-28(12)15)26-19-23-6-3-16(27-19)29-11-14(10-24-29)22-7-5-20/h3-4,6,8-11,22H,5,7,20H2,1-2H3,(H,21,30)(H,23,26,27). The number of carbonyl (C=O) groups excluding carboxylic acids is 1. The summed E-state index contributed by atoms with van der Waals surface area (Å²) < 4.78 is 3.51. The van der Waals surface area contributed by atoms with Crippen LogP contribution in [0.1, 0.15) is 16.3 Å². The van der Waals surface area contributed by atoms with E-state index in [9.17, 15) is 4.79 Å². The smallest absolute Gasteiger partial charge is 0.271 e. The lowest BCUT2D eigenvalue weighted by Crippen LogP contribution is -2.18. The van der Waals surface area contributed by atoms with E-state index >= 15 is 0 Å². The molecule has 0 aromatic carbocycles. The first-order valence-electron chi connectivity index (χ1n) is 9.39. The normalized spacial score (nSPS) is 10.9. The van der Waals surface area contributed by atoms with Crippen LogP contribution >= 0.6 is 0 Å². The molecule has 0 aliphatic carbocycles. The number of amides is 1. The third kappa shape index (κ3) is 3.78. The summed E-state index contributed by atoms with van der Waals surface area (Å²) in [4.78, 5) is 25.3. The van der Waals surface area contributed by atoms with Crippen LogP contribution in [-0.4, -0.2) is 55.2 Å². The predicted octanol–water partition coefficient (Wildman–Crippen LogP) is 1.09. The second-order valence-corrected chi connectivity index (χ2v) is 6.51. The van der Waals surface area contributed by atoms with E-state index in [-0.39, 0.29) is 5.91 Å². The van der Waals surface area contributed by atoms with Gasteiger partial charge in [-0.15, -0.1) is 0 Å². The molecule has 154 valence electrons. The molecule has 0 aliphatic rings. The highest BCUT2D eigenvalue weighted by atomic mass is 16.1. The van der Waals surface area contributed by atoms with Gasteiger partial charge in [0.05, 0.1) is 23.6 Å². The van der Waals surface area contributed by atoms with Crippen molar-refractivity contribution in [1.29, 1.82) is 0 Å². The molecule has 0 saturated heterocycles. The second-order valence-electron chi connectivity index (χ2n) is 6.51. The van der Waals surface area contributed by atoms with Gasteiger partial charge >= 0.3 is 0 Å². The van der Waals surface area contributed by atoms with Gasteiger partial charge in [-0.05, 0) is 19.1 Å². The van der Waals surface area contributed by atoms with Crippen LogP contribution in [0.2, 0.25) is 0 Å². The third-order valence-electron chi connectivity index (χ3n) is 4.45. The maximum Gasteiger partial charge on any atom is 0.271 e. The Bertz CT molecular complexity index is 1200. The van der Waals surface area contributed by atoms with Crippen LogP contribution in [0.4, 0.5) is 17.3 Å². The fraction of sp³-hybridized carbons (Fsp3) is 0.211. The Labute approximate surface area is 172 Å². The van der Waals surface area contributed by atoms with Crippen LogP contribution in [0.25, 0.3) is 11.3 Å². The van der Waals surface area contributed by atoms with Crippen molar-refractivity contribution in [2.75, 3.05) is 30.8 Å². The largest absolute Gasteiger partial charge is 0.381 e. The van der Waals surface area contributed by atoms with Gasteiger partial charge in [0.1, 0.15) is 5.82 Å². The van der Waals surface area contributed by atoms with Crippen LogP contribution in [0.15, 0.2) is 43.0 Å². The van der Waals surface area contributed by atoms with E-state index in [2.05, 4.69) is 36.0 Å². The summed E-state index contributed by atoms with van der Waals surface area (Å²) in [6, 6.07) is 5.47. The Kier molecular flexibility index (Phi) is 5.26. The number of carbonyl (C=O) groups is 1. The number of imidazole rings is 1. The Hall–Kier alpha value is -3.99. The molecule has 0 radical (unpaired) electrons. The molecule has 11 nitrogen and oxygen atoms in total. The molecule has 0 bridgehead atoms. The lowest BCUT2D eigenvalue weighted by atomic mass is 10.3. The zero-order valence-corrected chi connectivity index (χ0v) is 16.6. The average molecular weight is 406 g/mol. The Morgan fingerprint density at radius 3 is 2.90 bits per heavy atom. The van der Waals surface area contributed by atoms with E-state index in [1.54, 1.807) is 30.2 Å². The number of nitrogens with zero attached hydrogens (tertiary/aromatic N) is 6. The summed E-state index contributed by atoms with van der Waals surface area (Å²) in [6.07, 6.45) is 7.04. The molecule has 4 heterocycles. The summed E-state index contributed by atoms with van der Waals surface area (Å²) >= 11 is 0. The van der Waals surface area contributed by atoms with Gasteiger partial charge in [0.15, 0.2) is 11.5 Å². The molecule has 4 rings (SSSR count). The molecule has 1 amide bonds. The molecule has 0 atom stereocenters. The van der Waals surface area contributed by atoms with Gasteiger partial charge < -0.3 is 26.1 Å². The van der Waals surface area contributed by atoms with E-state index in [4.69, 9.17) is 5.73 Å². The SMILES string of the molecule is CNC(=O)c1nc(C)n2ccc(Nc3nccc(-n4cc(NCCN)cn4)n3)cc12. The molecule has 0 saturated carbocycles. The van der Waals surface area contributed by atoms with Crippen LogP contribution in [-0.2, 0) is 0 Å². The highest BCUT2D eigenvalue weighted by Gasteiger charge is 2.15. The van der Waals surface area contributed by atoms with Crippen molar-refractivity contribution in [3.63, 3.8) is 0 Å². The van der Waals surface area contributed by atoms with Crippen molar-refractivity contribution in [1.82, 2.24) is 34.4 Å². The number of fused-ring (bicyclic) bond motifs is 1. The number of aryl methyl sites for hydroxylation is 1. The first kappa shape index (κ1) is 19.3. The molecule has 30 heavy (non-hydrogen) atoms. The quantitative estimate of drug-likeness (QED) is 0.358. The fourth-order valence-electron chi connectivity index (χ4n) is 3.02. The second kappa shape index (κ2) is 8.17. The highest BCUT2D eigenvalue weighted by molar-refractivity contribution is 5.99. The van der Waals surface area contributed by atoms with Crippen LogP contribution < -0.4 is 21.7 Å². The van der Waals surface area contributed by atoms with Crippen molar-refractivity contribution in [3.8, 4) is 5.82 Å². The van der Waals surface area contributed by atoms with Gasteiger partial charge in [-0.2, -0.15) is 10.1 Å². The van der Waals surface area contributed by atoms with Gasteiger partial charge in [-0.1, -0.05) is 0 Å². The molecule has 0 unspecified atom stereocenters. The minimum Gasteiger partial charge on any atom is -0.381 e. The lowest BCUT2D eigenvalue weighted by molar-refractivity contribution is 0.0960. The summed E-state index contributed by atoms with van der Waals surface area (Å²) in [6.45, 7) is 3.05. The summed E-state index contributed by atoms with van der Waals surface area (Å²) in [5.41, 5.74) is 8.15. The van der Waals surface area contributed by atoms with E-state index in [0.29, 0.717) is 36.1 Å². The van der Waals surface area contributed by atoms with Crippen molar-refractivity contribution in [3.05, 3.63) is 54.5 Å². The van der Waals surface area contributed by atoms with Crippen molar-refractivity contribution < 1.29 is 4.79 Å². The predicted molar refractivity (Wildman–Crippen MR) is 113 cm³/mol. The molecule has 0 aliphatic heterocycles. The molecule has 0 spiro atoms. The molecular formula is C19H22N10O. The maximum absolute atomic E-state index is 12.1. The van der Waals surface area contributed by atoms with Gasteiger partial charge in [0, 0.05) is 44.3 Å². The molecule has 0 fully saturated rings. The van der Waals surface area contributed by atoms with Crippen molar-refractivity contribution >= 4 is 28.7 Å². The Balaban J connectivity index is 1.60. The third-order valence-corrected chi connectivity index (χ3v) is 4.45. The first-order valence-corrected chi connectivity index (χ1v) is 9.39. The number of hydrogen-bond donors (Lipinski definition) is 4. The molecule has 5 N–H and O–H groups in total. The van der Waals surface area contributed by atoms with Gasteiger partial charge in [0.2, 0.25) is 5.95 Å². The number of aromatic nitrogens is 6. The number of anilines is 3. The summed E-state index contributed by atoms with van der Waals surface area (Å²) in [5, 5.41) is 13.3. The van der Waals surface area contributed by atoms with E-state index in [0.717, 1.165) is 17.2 Å². The molecule has 4 aromatic rings. The number of rotatable bonds is 7. The van der Waals surface area contributed by atoms with Gasteiger partial charge in [-0.3, -0.25) is 4.79 Å². The van der Waals surface area contributed by atoms with E-state index in [1.165, 1.54) is 0 Å².